The number of para-hydroxylation sites is 1. The Labute approximate surface area is 243 Å². The van der Waals surface area contributed by atoms with Gasteiger partial charge in [-0.25, -0.2) is 4.98 Å². The van der Waals surface area contributed by atoms with Gasteiger partial charge in [0.25, 0.3) is 5.91 Å². The van der Waals surface area contributed by atoms with Gasteiger partial charge in [0.05, 0.1) is 5.52 Å². The Kier molecular flexibility index (Phi) is 10.1. The minimum atomic E-state index is -0.609. The van der Waals surface area contributed by atoms with Crippen LogP contribution >= 0.6 is 0 Å². The third kappa shape index (κ3) is 8.48. The van der Waals surface area contributed by atoms with E-state index in [1.165, 1.54) is 24.0 Å². The lowest BCUT2D eigenvalue weighted by Crippen LogP contribution is -2.47. The highest BCUT2D eigenvalue weighted by atomic mass is 16.2. The zero-order valence-corrected chi connectivity index (χ0v) is 23.7. The summed E-state index contributed by atoms with van der Waals surface area (Å²) in [7, 11) is 0. The van der Waals surface area contributed by atoms with E-state index in [-0.39, 0.29) is 11.8 Å². The highest BCUT2D eigenvalue weighted by Gasteiger charge is 2.24. The van der Waals surface area contributed by atoms with Gasteiger partial charge in [0, 0.05) is 11.9 Å². The van der Waals surface area contributed by atoms with Gasteiger partial charge in [-0.15, -0.1) is 0 Å². The second-order valence-electron chi connectivity index (χ2n) is 11.1. The molecule has 2 N–H and O–H groups in total. The topological polar surface area (TPSA) is 74.3 Å². The van der Waals surface area contributed by atoms with Crippen molar-refractivity contribution < 1.29 is 9.59 Å². The number of aromatic nitrogens is 1. The van der Waals surface area contributed by atoms with Crippen molar-refractivity contribution in [3.8, 4) is 0 Å². The second-order valence-corrected chi connectivity index (χ2v) is 11.1. The summed E-state index contributed by atoms with van der Waals surface area (Å²) in [6, 6.07) is 31.6. The molecule has 0 aliphatic carbocycles. The maximum absolute atomic E-state index is 13.3. The maximum atomic E-state index is 13.3. The molecule has 5 rings (SSSR count). The molecule has 4 aromatic rings. The number of hydrogen-bond acceptors (Lipinski definition) is 4. The van der Waals surface area contributed by atoms with E-state index < -0.39 is 6.04 Å². The lowest BCUT2D eigenvalue weighted by molar-refractivity contribution is -0.123. The van der Waals surface area contributed by atoms with E-state index in [9.17, 15) is 9.59 Å². The normalized spacial score (nSPS) is 14.9. The summed E-state index contributed by atoms with van der Waals surface area (Å²) in [6.45, 7) is 3.62. The van der Waals surface area contributed by atoms with Gasteiger partial charge in [-0.05, 0) is 87.3 Å². The van der Waals surface area contributed by atoms with Gasteiger partial charge in [-0.3, -0.25) is 9.59 Å². The molecule has 2 heterocycles. The Morgan fingerprint density at radius 1 is 0.829 bits per heavy atom. The standard InChI is InChI=1S/C35H40N4O2/c40-34(36-22-19-27-10-3-1-4-11-27)32(38-35(41)33-18-17-30-14-7-8-15-31(30)37-33)16-9-23-39-24-20-29(21-25-39)26-28-12-5-2-6-13-28/h1-8,10-15,17-18,29,32H,9,16,19-26H2,(H,36,40)(H,38,41)/t32-/m0/s1. The van der Waals surface area contributed by atoms with E-state index in [0.29, 0.717) is 18.7 Å². The van der Waals surface area contributed by atoms with Crippen LogP contribution in [0.25, 0.3) is 10.9 Å². The average molecular weight is 549 g/mol. The lowest BCUT2D eigenvalue weighted by Gasteiger charge is -2.32. The number of nitrogens with one attached hydrogen (secondary N) is 2. The molecule has 0 spiro atoms. The Hall–Kier alpha value is -4.03. The highest BCUT2D eigenvalue weighted by molar-refractivity contribution is 5.97. The smallest absolute Gasteiger partial charge is 0.270 e. The molecule has 6 heteroatoms. The molecule has 1 fully saturated rings. The van der Waals surface area contributed by atoms with Gasteiger partial charge in [0.15, 0.2) is 0 Å². The van der Waals surface area contributed by atoms with Crippen molar-refractivity contribution in [1.82, 2.24) is 20.5 Å². The maximum Gasteiger partial charge on any atom is 0.270 e. The summed E-state index contributed by atoms with van der Waals surface area (Å²) >= 11 is 0. The SMILES string of the molecule is O=C(N[C@@H](CCCN1CCC(Cc2ccccc2)CC1)C(=O)NCCc1ccccc1)c1ccc2ccccc2n1. The minimum absolute atomic E-state index is 0.142. The number of amides is 2. The number of piperidine rings is 1. The van der Waals surface area contributed by atoms with E-state index in [0.717, 1.165) is 55.7 Å². The first-order chi connectivity index (χ1) is 20.1. The molecule has 1 aromatic heterocycles. The van der Waals surface area contributed by atoms with Crippen molar-refractivity contribution in [2.24, 2.45) is 5.92 Å². The van der Waals surface area contributed by atoms with Crippen molar-refractivity contribution in [2.45, 2.75) is 44.6 Å². The fourth-order valence-corrected chi connectivity index (χ4v) is 5.67. The second kappa shape index (κ2) is 14.6. The molecule has 212 valence electrons. The van der Waals surface area contributed by atoms with Crippen LogP contribution in [0.3, 0.4) is 0 Å². The summed E-state index contributed by atoms with van der Waals surface area (Å²) in [5, 5.41) is 7.01. The molecule has 41 heavy (non-hydrogen) atoms. The van der Waals surface area contributed by atoms with Crippen LogP contribution in [0, 0.1) is 5.92 Å². The first kappa shape index (κ1) is 28.5. The zero-order chi connectivity index (χ0) is 28.3. The summed E-state index contributed by atoms with van der Waals surface area (Å²) in [4.78, 5) is 33.5. The number of rotatable bonds is 12. The molecule has 0 radical (unpaired) electrons. The number of fused-ring (bicyclic) bond motifs is 1. The first-order valence-corrected chi connectivity index (χ1v) is 14.9. The van der Waals surface area contributed by atoms with Crippen LogP contribution in [-0.2, 0) is 17.6 Å². The molecule has 0 unspecified atom stereocenters. The van der Waals surface area contributed by atoms with Crippen LogP contribution in [0.4, 0.5) is 0 Å². The van der Waals surface area contributed by atoms with Crippen molar-refractivity contribution in [1.29, 1.82) is 0 Å². The quantitative estimate of drug-likeness (QED) is 0.248. The van der Waals surface area contributed by atoms with Crippen molar-refractivity contribution >= 4 is 22.7 Å². The van der Waals surface area contributed by atoms with E-state index in [1.807, 2.05) is 48.5 Å². The van der Waals surface area contributed by atoms with Gasteiger partial charge >= 0.3 is 0 Å². The molecule has 0 bridgehead atoms. The lowest BCUT2D eigenvalue weighted by atomic mass is 9.90. The predicted molar refractivity (Wildman–Crippen MR) is 165 cm³/mol. The summed E-state index contributed by atoms with van der Waals surface area (Å²) in [5.74, 6) is 0.267. The number of likely N-dealkylation sites (tertiary alicyclic amines) is 1. The van der Waals surface area contributed by atoms with Crippen LogP contribution < -0.4 is 10.6 Å². The van der Waals surface area contributed by atoms with Gasteiger partial charge in [-0.1, -0.05) is 84.9 Å². The van der Waals surface area contributed by atoms with Crippen LogP contribution in [0.5, 0.6) is 0 Å². The Morgan fingerprint density at radius 2 is 1.51 bits per heavy atom. The first-order valence-electron chi connectivity index (χ1n) is 14.9. The third-order valence-corrected chi connectivity index (χ3v) is 8.05. The number of carbonyl (C=O) groups excluding carboxylic acids is 2. The molecule has 1 saturated heterocycles. The number of nitrogens with zero attached hydrogens (tertiary/aromatic N) is 2. The van der Waals surface area contributed by atoms with Crippen LogP contribution in [0.2, 0.25) is 0 Å². The van der Waals surface area contributed by atoms with Crippen molar-refractivity contribution in [2.75, 3.05) is 26.2 Å². The average Bonchev–Trinajstić information content (AvgIpc) is 3.02. The Morgan fingerprint density at radius 3 is 2.27 bits per heavy atom. The van der Waals surface area contributed by atoms with Crippen molar-refractivity contribution in [3.63, 3.8) is 0 Å². The van der Waals surface area contributed by atoms with Gasteiger partial charge < -0.3 is 15.5 Å². The fraction of sp³-hybridized carbons (Fsp3) is 0.343. The van der Waals surface area contributed by atoms with Gasteiger partial charge in [0.1, 0.15) is 11.7 Å². The van der Waals surface area contributed by atoms with Gasteiger partial charge in [0.2, 0.25) is 5.91 Å². The van der Waals surface area contributed by atoms with Gasteiger partial charge in [-0.2, -0.15) is 0 Å². The predicted octanol–water partition coefficient (Wildman–Crippen LogP) is 5.43. The fourth-order valence-electron chi connectivity index (χ4n) is 5.67. The van der Waals surface area contributed by atoms with E-state index in [2.05, 4.69) is 63.0 Å². The summed E-state index contributed by atoms with van der Waals surface area (Å²) in [5.41, 5.74) is 3.68. The van der Waals surface area contributed by atoms with Crippen LogP contribution in [-0.4, -0.2) is 53.9 Å². The number of hydrogen-bond donors (Lipinski definition) is 2. The number of benzene rings is 3. The zero-order valence-electron chi connectivity index (χ0n) is 23.7. The monoisotopic (exact) mass is 548 g/mol. The number of carbonyl (C=O) groups is 2. The van der Waals surface area contributed by atoms with E-state index in [1.54, 1.807) is 6.07 Å². The summed E-state index contributed by atoms with van der Waals surface area (Å²) < 4.78 is 0. The van der Waals surface area contributed by atoms with E-state index in [4.69, 9.17) is 0 Å². The Balaban J connectivity index is 1.14. The Bertz CT molecular complexity index is 1400. The molecule has 1 aliphatic rings. The molecule has 0 saturated carbocycles. The molecule has 3 aromatic carbocycles. The minimum Gasteiger partial charge on any atom is -0.354 e. The molecule has 1 atom stereocenters. The molecular formula is C35H40N4O2. The molecular weight excluding hydrogens is 508 g/mol. The van der Waals surface area contributed by atoms with Crippen LogP contribution in [0.1, 0.15) is 47.3 Å². The summed E-state index contributed by atoms with van der Waals surface area (Å²) in [6.07, 6.45) is 5.71. The third-order valence-electron chi connectivity index (χ3n) is 8.05. The molecule has 6 nitrogen and oxygen atoms in total. The highest BCUT2D eigenvalue weighted by Crippen LogP contribution is 2.22. The number of pyridine rings is 1. The van der Waals surface area contributed by atoms with Crippen LogP contribution in [0.15, 0.2) is 97.1 Å². The molecule has 2 amide bonds. The molecule has 1 aliphatic heterocycles. The van der Waals surface area contributed by atoms with Crippen molar-refractivity contribution in [3.05, 3.63) is 114 Å². The van der Waals surface area contributed by atoms with E-state index >= 15 is 0 Å². The largest absolute Gasteiger partial charge is 0.354 e.